The number of aryl methyl sites for hydroxylation is 2. The summed E-state index contributed by atoms with van der Waals surface area (Å²) in [7, 11) is 0. The van der Waals surface area contributed by atoms with Crippen molar-refractivity contribution in [1.82, 2.24) is 14.5 Å². The molecule has 0 unspecified atom stereocenters. The van der Waals surface area contributed by atoms with E-state index in [1.807, 2.05) is 47.9 Å². The van der Waals surface area contributed by atoms with Crippen LogP contribution in [0.25, 0.3) is 11.0 Å². The number of para-hydroxylation sites is 2. The van der Waals surface area contributed by atoms with Gasteiger partial charge in [-0.05, 0) is 36.8 Å². The number of rotatable bonds is 4. The van der Waals surface area contributed by atoms with Gasteiger partial charge in [0.2, 0.25) is 5.91 Å². The Labute approximate surface area is 122 Å². The molecule has 0 aliphatic rings. The van der Waals surface area contributed by atoms with Gasteiger partial charge in [0.1, 0.15) is 5.82 Å². The molecule has 0 bridgehead atoms. The second kappa shape index (κ2) is 5.75. The highest BCUT2D eigenvalue weighted by molar-refractivity contribution is 5.89. The molecule has 0 saturated carbocycles. The molecule has 0 aliphatic carbocycles. The molecule has 1 N–H and O–H groups in total. The van der Waals surface area contributed by atoms with Crippen molar-refractivity contribution in [3.05, 3.63) is 54.5 Å². The van der Waals surface area contributed by atoms with Crippen molar-refractivity contribution in [2.45, 2.75) is 19.9 Å². The molecule has 3 aromatic rings. The first-order chi connectivity index (χ1) is 10.2. The summed E-state index contributed by atoms with van der Waals surface area (Å²) in [6.07, 6.45) is 3.84. The third-order valence-electron chi connectivity index (χ3n) is 3.29. The summed E-state index contributed by atoms with van der Waals surface area (Å²) in [6, 6.07) is 11.6. The molecular weight excluding hydrogens is 264 g/mol. The van der Waals surface area contributed by atoms with Gasteiger partial charge >= 0.3 is 0 Å². The van der Waals surface area contributed by atoms with Gasteiger partial charge in [-0.15, -0.1) is 0 Å². The average Bonchev–Trinajstić information content (AvgIpc) is 2.88. The largest absolute Gasteiger partial charge is 0.330 e. The molecule has 5 nitrogen and oxygen atoms in total. The van der Waals surface area contributed by atoms with Gasteiger partial charge in [0.25, 0.3) is 0 Å². The van der Waals surface area contributed by atoms with Crippen LogP contribution in [-0.4, -0.2) is 20.4 Å². The average molecular weight is 280 g/mol. The number of imidazole rings is 1. The molecule has 0 spiro atoms. The number of anilines is 1. The highest BCUT2D eigenvalue weighted by Crippen LogP contribution is 2.12. The first kappa shape index (κ1) is 13.3. The van der Waals surface area contributed by atoms with Crippen molar-refractivity contribution in [1.29, 1.82) is 0 Å². The van der Waals surface area contributed by atoms with E-state index in [1.54, 1.807) is 12.5 Å². The Morgan fingerprint density at radius 1 is 1.24 bits per heavy atom. The van der Waals surface area contributed by atoms with Crippen molar-refractivity contribution >= 4 is 22.8 Å². The number of carbonyl (C=O) groups excluding carboxylic acids is 1. The number of pyridine rings is 1. The Morgan fingerprint density at radius 3 is 2.95 bits per heavy atom. The van der Waals surface area contributed by atoms with Crippen LogP contribution in [0.1, 0.15) is 12.0 Å². The lowest BCUT2D eigenvalue weighted by Crippen LogP contribution is -2.15. The van der Waals surface area contributed by atoms with E-state index in [2.05, 4.69) is 15.3 Å². The number of aromatic nitrogens is 3. The zero-order valence-corrected chi connectivity index (χ0v) is 11.8. The summed E-state index contributed by atoms with van der Waals surface area (Å²) in [5.74, 6) is 0.543. The standard InChI is InChI=1S/C16H16N4O/c1-12-6-8-17-15(10-12)19-16(21)7-9-20-11-18-13-4-2-3-5-14(13)20/h2-6,8,10-11H,7,9H2,1H3,(H,17,19,21). The van der Waals surface area contributed by atoms with E-state index >= 15 is 0 Å². The monoisotopic (exact) mass is 280 g/mol. The Balaban J connectivity index is 1.63. The van der Waals surface area contributed by atoms with Gasteiger partial charge in [0.05, 0.1) is 17.4 Å². The van der Waals surface area contributed by atoms with Gasteiger partial charge in [-0.25, -0.2) is 9.97 Å². The predicted octanol–water partition coefficient (Wildman–Crippen LogP) is 2.77. The molecule has 5 heteroatoms. The lowest BCUT2D eigenvalue weighted by atomic mass is 10.3. The number of nitrogens with one attached hydrogen (secondary N) is 1. The van der Waals surface area contributed by atoms with Crippen molar-refractivity contribution in [3.8, 4) is 0 Å². The van der Waals surface area contributed by atoms with E-state index in [-0.39, 0.29) is 5.91 Å². The molecule has 0 radical (unpaired) electrons. The summed E-state index contributed by atoms with van der Waals surface area (Å²) in [6.45, 7) is 2.56. The van der Waals surface area contributed by atoms with Crippen LogP contribution in [0.5, 0.6) is 0 Å². The Kier molecular flexibility index (Phi) is 3.64. The van der Waals surface area contributed by atoms with Gasteiger partial charge in [-0.1, -0.05) is 12.1 Å². The summed E-state index contributed by atoms with van der Waals surface area (Å²) in [5.41, 5.74) is 3.05. The molecule has 2 aromatic heterocycles. The Bertz CT molecular complexity index is 779. The second-order valence-electron chi connectivity index (χ2n) is 4.94. The first-order valence-corrected chi connectivity index (χ1v) is 6.85. The quantitative estimate of drug-likeness (QED) is 0.799. The number of amides is 1. The minimum absolute atomic E-state index is 0.0501. The fourth-order valence-electron chi connectivity index (χ4n) is 2.22. The maximum absolute atomic E-state index is 12.0. The summed E-state index contributed by atoms with van der Waals surface area (Å²) >= 11 is 0. The predicted molar refractivity (Wildman–Crippen MR) is 82.0 cm³/mol. The highest BCUT2D eigenvalue weighted by Gasteiger charge is 2.06. The van der Waals surface area contributed by atoms with Crippen molar-refractivity contribution < 1.29 is 4.79 Å². The molecule has 0 atom stereocenters. The first-order valence-electron chi connectivity index (χ1n) is 6.85. The Hall–Kier alpha value is -2.69. The maximum Gasteiger partial charge on any atom is 0.227 e. The van der Waals surface area contributed by atoms with Gasteiger partial charge in [0.15, 0.2) is 0 Å². The second-order valence-corrected chi connectivity index (χ2v) is 4.94. The summed E-state index contributed by atoms with van der Waals surface area (Å²) < 4.78 is 1.98. The maximum atomic E-state index is 12.0. The fourth-order valence-corrected chi connectivity index (χ4v) is 2.22. The van der Waals surface area contributed by atoms with Gasteiger partial charge in [0, 0.05) is 19.2 Å². The molecular formula is C16H16N4O. The van der Waals surface area contributed by atoms with Crippen LogP contribution in [0.4, 0.5) is 5.82 Å². The molecule has 2 heterocycles. The number of benzene rings is 1. The molecule has 0 aliphatic heterocycles. The van der Waals surface area contributed by atoms with E-state index in [0.29, 0.717) is 18.8 Å². The van der Waals surface area contributed by atoms with Gasteiger partial charge < -0.3 is 9.88 Å². The molecule has 106 valence electrons. The third-order valence-corrected chi connectivity index (χ3v) is 3.29. The van der Waals surface area contributed by atoms with E-state index in [4.69, 9.17) is 0 Å². The number of hydrogen-bond acceptors (Lipinski definition) is 3. The van der Waals surface area contributed by atoms with E-state index in [1.165, 1.54) is 0 Å². The zero-order chi connectivity index (χ0) is 14.7. The van der Waals surface area contributed by atoms with E-state index < -0.39 is 0 Å². The summed E-state index contributed by atoms with van der Waals surface area (Å²) in [5, 5.41) is 2.81. The summed E-state index contributed by atoms with van der Waals surface area (Å²) in [4.78, 5) is 20.4. The van der Waals surface area contributed by atoms with Crippen molar-refractivity contribution in [2.75, 3.05) is 5.32 Å². The molecule has 21 heavy (non-hydrogen) atoms. The van der Waals surface area contributed by atoms with Gasteiger partial charge in [-0.2, -0.15) is 0 Å². The molecule has 3 rings (SSSR count). The minimum Gasteiger partial charge on any atom is -0.330 e. The van der Waals surface area contributed by atoms with Crippen LogP contribution in [-0.2, 0) is 11.3 Å². The van der Waals surface area contributed by atoms with Crippen LogP contribution in [0, 0.1) is 6.92 Å². The number of hydrogen-bond donors (Lipinski definition) is 1. The van der Waals surface area contributed by atoms with Crippen LogP contribution >= 0.6 is 0 Å². The van der Waals surface area contributed by atoms with Crippen LogP contribution in [0.2, 0.25) is 0 Å². The molecule has 1 aromatic carbocycles. The van der Waals surface area contributed by atoms with Crippen molar-refractivity contribution in [2.24, 2.45) is 0 Å². The SMILES string of the molecule is Cc1ccnc(NC(=O)CCn2cnc3ccccc32)c1. The zero-order valence-electron chi connectivity index (χ0n) is 11.8. The lowest BCUT2D eigenvalue weighted by molar-refractivity contribution is -0.116. The van der Waals surface area contributed by atoms with E-state index in [0.717, 1.165) is 16.6 Å². The lowest BCUT2D eigenvalue weighted by Gasteiger charge is -2.06. The third kappa shape index (κ3) is 3.08. The highest BCUT2D eigenvalue weighted by atomic mass is 16.1. The molecule has 0 saturated heterocycles. The van der Waals surface area contributed by atoms with Gasteiger partial charge in [-0.3, -0.25) is 4.79 Å². The molecule has 1 amide bonds. The fraction of sp³-hybridized carbons (Fsp3) is 0.188. The van der Waals surface area contributed by atoms with Crippen LogP contribution in [0.3, 0.4) is 0 Å². The number of fused-ring (bicyclic) bond motifs is 1. The van der Waals surface area contributed by atoms with Crippen molar-refractivity contribution in [3.63, 3.8) is 0 Å². The number of carbonyl (C=O) groups is 1. The Morgan fingerprint density at radius 2 is 2.10 bits per heavy atom. The normalized spacial score (nSPS) is 10.7. The smallest absolute Gasteiger partial charge is 0.227 e. The van der Waals surface area contributed by atoms with Crippen LogP contribution in [0.15, 0.2) is 48.9 Å². The van der Waals surface area contributed by atoms with Crippen LogP contribution < -0.4 is 5.32 Å². The molecule has 0 fully saturated rings. The topological polar surface area (TPSA) is 59.8 Å². The van der Waals surface area contributed by atoms with E-state index in [9.17, 15) is 4.79 Å². The number of nitrogens with zero attached hydrogens (tertiary/aromatic N) is 3. The minimum atomic E-state index is -0.0501.